The lowest BCUT2D eigenvalue weighted by molar-refractivity contribution is -0.384. The molecule has 0 aliphatic carbocycles. The number of nitrogens with zero attached hydrogens (tertiary/aromatic N) is 5. The Bertz CT molecular complexity index is 1240. The SMILES string of the molecule is COc1ccc(C(=O)CSc2nnc3ccc(-c4cccc([N+](=O)[O-])c4)nn23)cc1. The maximum Gasteiger partial charge on any atom is 0.270 e. The number of rotatable bonds is 7. The molecule has 4 aromatic rings. The zero-order valence-electron chi connectivity index (χ0n) is 15.8. The fourth-order valence-electron chi connectivity index (χ4n) is 2.78. The minimum Gasteiger partial charge on any atom is -0.497 e. The number of carbonyl (C=O) groups is 1. The van der Waals surface area contributed by atoms with E-state index in [1.807, 2.05) is 0 Å². The van der Waals surface area contributed by atoms with Crippen LogP contribution in [-0.2, 0) is 0 Å². The van der Waals surface area contributed by atoms with E-state index in [-0.39, 0.29) is 17.2 Å². The summed E-state index contributed by atoms with van der Waals surface area (Å²) in [4.78, 5) is 23.0. The number of hydrogen-bond donors (Lipinski definition) is 0. The number of Topliss-reactive ketones (excluding diaryl/α,β-unsaturated/α-hetero) is 1. The van der Waals surface area contributed by atoms with Crippen molar-refractivity contribution in [3.05, 3.63) is 76.3 Å². The quantitative estimate of drug-likeness (QED) is 0.192. The molecule has 0 fully saturated rings. The zero-order valence-corrected chi connectivity index (χ0v) is 16.6. The highest BCUT2D eigenvalue weighted by molar-refractivity contribution is 7.99. The Labute approximate surface area is 174 Å². The van der Waals surface area contributed by atoms with Crippen LogP contribution in [0.15, 0.2) is 65.8 Å². The third-order valence-electron chi connectivity index (χ3n) is 4.33. The lowest BCUT2D eigenvalue weighted by Gasteiger charge is -2.04. The van der Waals surface area contributed by atoms with Crippen molar-refractivity contribution in [3.63, 3.8) is 0 Å². The fourth-order valence-corrected chi connectivity index (χ4v) is 3.56. The predicted octanol–water partition coefficient (Wildman–Crippen LogP) is 3.68. The van der Waals surface area contributed by atoms with Crippen LogP contribution in [0.1, 0.15) is 10.4 Å². The number of thioether (sulfide) groups is 1. The number of ether oxygens (including phenoxy) is 1. The molecule has 9 nitrogen and oxygen atoms in total. The van der Waals surface area contributed by atoms with Crippen molar-refractivity contribution in [3.8, 4) is 17.0 Å². The maximum atomic E-state index is 12.5. The maximum absolute atomic E-state index is 12.5. The van der Waals surface area contributed by atoms with Crippen molar-refractivity contribution in [2.75, 3.05) is 12.9 Å². The van der Waals surface area contributed by atoms with E-state index in [1.165, 1.54) is 28.4 Å². The van der Waals surface area contributed by atoms with E-state index in [1.54, 1.807) is 55.6 Å². The van der Waals surface area contributed by atoms with Crippen molar-refractivity contribution >= 4 is 28.9 Å². The van der Waals surface area contributed by atoms with Gasteiger partial charge in [0.1, 0.15) is 5.75 Å². The van der Waals surface area contributed by atoms with Gasteiger partial charge in [-0.3, -0.25) is 14.9 Å². The Morgan fingerprint density at radius 3 is 2.67 bits per heavy atom. The van der Waals surface area contributed by atoms with Gasteiger partial charge in [0.25, 0.3) is 5.69 Å². The van der Waals surface area contributed by atoms with Crippen LogP contribution in [0.5, 0.6) is 5.75 Å². The molecule has 2 heterocycles. The number of ketones is 1. The summed E-state index contributed by atoms with van der Waals surface area (Å²) in [7, 11) is 1.57. The molecule has 0 amide bonds. The fraction of sp³-hybridized carbons (Fsp3) is 0.100. The van der Waals surface area contributed by atoms with Crippen molar-refractivity contribution in [1.29, 1.82) is 0 Å². The molecular formula is C20H15N5O4S. The Morgan fingerprint density at radius 1 is 1.13 bits per heavy atom. The summed E-state index contributed by atoms with van der Waals surface area (Å²) in [5.41, 5.74) is 2.21. The van der Waals surface area contributed by atoms with Crippen LogP contribution >= 0.6 is 11.8 Å². The van der Waals surface area contributed by atoms with Crippen molar-refractivity contribution < 1.29 is 14.5 Å². The first-order valence-electron chi connectivity index (χ1n) is 8.82. The number of nitro groups is 1. The van der Waals surface area contributed by atoms with Crippen molar-refractivity contribution in [2.45, 2.75) is 5.16 Å². The first kappa shape index (κ1) is 19.5. The molecule has 0 bridgehead atoms. The van der Waals surface area contributed by atoms with Crippen LogP contribution in [0.2, 0.25) is 0 Å². The highest BCUT2D eigenvalue weighted by Gasteiger charge is 2.14. The Hall–Kier alpha value is -3.79. The van der Waals surface area contributed by atoms with E-state index in [2.05, 4.69) is 15.3 Å². The second kappa shape index (κ2) is 8.29. The molecule has 30 heavy (non-hydrogen) atoms. The minimum atomic E-state index is -0.452. The van der Waals surface area contributed by atoms with Gasteiger partial charge in [-0.1, -0.05) is 23.9 Å². The zero-order chi connectivity index (χ0) is 21.1. The molecule has 0 spiro atoms. The van der Waals surface area contributed by atoms with Crippen LogP contribution in [0.25, 0.3) is 16.9 Å². The van der Waals surface area contributed by atoms with E-state index in [0.717, 1.165) is 0 Å². The Morgan fingerprint density at radius 2 is 1.93 bits per heavy atom. The van der Waals surface area contributed by atoms with Gasteiger partial charge in [0.2, 0.25) is 5.16 Å². The first-order chi connectivity index (χ1) is 14.5. The molecule has 10 heteroatoms. The number of nitro benzene ring substituents is 1. The van der Waals surface area contributed by atoms with E-state index in [0.29, 0.717) is 33.4 Å². The molecule has 0 unspecified atom stereocenters. The smallest absolute Gasteiger partial charge is 0.270 e. The number of benzene rings is 2. The van der Waals surface area contributed by atoms with Crippen LogP contribution in [0.4, 0.5) is 5.69 Å². The summed E-state index contributed by atoms with van der Waals surface area (Å²) >= 11 is 1.22. The second-order valence-electron chi connectivity index (χ2n) is 6.22. The van der Waals surface area contributed by atoms with Gasteiger partial charge >= 0.3 is 0 Å². The number of aromatic nitrogens is 4. The Balaban J connectivity index is 1.56. The molecule has 0 aliphatic heterocycles. The number of fused-ring (bicyclic) bond motifs is 1. The summed E-state index contributed by atoms with van der Waals surface area (Å²) in [5.74, 6) is 0.783. The lowest BCUT2D eigenvalue weighted by atomic mass is 10.1. The number of non-ortho nitro benzene ring substituents is 1. The van der Waals surface area contributed by atoms with E-state index >= 15 is 0 Å². The van der Waals surface area contributed by atoms with Gasteiger partial charge in [0, 0.05) is 23.3 Å². The number of methoxy groups -OCH3 is 1. The molecule has 0 atom stereocenters. The largest absolute Gasteiger partial charge is 0.497 e. The molecule has 0 saturated heterocycles. The molecular weight excluding hydrogens is 406 g/mol. The topological polar surface area (TPSA) is 113 Å². The van der Waals surface area contributed by atoms with Crippen molar-refractivity contribution in [1.82, 2.24) is 19.8 Å². The first-order valence-corrected chi connectivity index (χ1v) is 9.81. The second-order valence-corrected chi connectivity index (χ2v) is 7.16. The summed E-state index contributed by atoms with van der Waals surface area (Å²) in [6.07, 6.45) is 0. The highest BCUT2D eigenvalue weighted by Crippen LogP contribution is 2.24. The molecule has 0 aliphatic rings. The van der Waals surface area contributed by atoms with Gasteiger partial charge in [-0.2, -0.15) is 9.61 Å². The molecule has 150 valence electrons. The standard InChI is InChI=1S/C20H15N5O4S/c1-29-16-7-5-13(6-8-16)18(26)12-30-20-22-21-19-10-9-17(23-24(19)20)14-3-2-4-15(11-14)25(27)28/h2-11H,12H2,1H3. The lowest BCUT2D eigenvalue weighted by Crippen LogP contribution is -2.04. The summed E-state index contributed by atoms with van der Waals surface area (Å²) in [6, 6.07) is 16.6. The Kier molecular flexibility index (Phi) is 5.40. The van der Waals surface area contributed by atoms with Crippen LogP contribution in [0.3, 0.4) is 0 Å². The highest BCUT2D eigenvalue weighted by atomic mass is 32.2. The van der Waals surface area contributed by atoms with E-state index in [9.17, 15) is 14.9 Å². The number of carbonyl (C=O) groups excluding carboxylic acids is 1. The average Bonchev–Trinajstić information content (AvgIpc) is 3.19. The van der Waals surface area contributed by atoms with Crippen LogP contribution in [0, 0.1) is 10.1 Å². The third-order valence-corrected chi connectivity index (χ3v) is 5.25. The monoisotopic (exact) mass is 421 g/mol. The summed E-state index contributed by atoms with van der Waals surface area (Å²) in [6.45, 7) is 0. The summed E-state index contributed by atoms with van der Waals surface area (Å²) in [5, 5.41) is 24.2. The van der Waals surface area contributed by atoms with Gasteiger partial charge in [0.05, 0.1) is 23.5 Å². The van der Waals surface area contributed by atoms with Gasteiger partial charge in [0.15, 0.2) is 11.4 Å². The van der Waals surface area contributed by atoms with Crippen molar-refractivity contribution in [2.24, 2.45) is 0 Å². The van der Waals surface area contributed by atoms with Gasteiger partial charge in [-0.05, 0) is 36.4 Å². The molecule has 4 rings (SSSR count). The molecule has 2 aromatic heterocycles. The van der Waals surface area contributed by atoms with E-state index < -0.39 is 4.92 Å². The predicted molar refractivity (Wildman–Crippen MR) is 111 cm³/mol. The van der Waals surface area contributed by atoms with Gasteiger partial charge in [-0.15, -0.1) is 10.2 Å². The van der Waals surface area contributed by atoms with Gasteiger partial charge in [-0.25, -0.2) is 0 Å². The molecule has 0 N–H and O–H groups in total. The minimum absolute atomic E-state index is 0.0159. The molecule has 0 saturated carbocycles. The van der Waals surface area contributed by atoms with E-state index in [4.69, 9.17) is 4.74 Å². The van der Waals surface area contributed by atoms with Crippen LogP contribution in [-0.4, -0.2) is 43.4 Å². The average molecular weight is 421 g/mol. The van der Waals surface area contributed by atoms with Gasteiger partial charge < -0.3 is 4.74 Å². The third kappa shape index (κ3) is 3.98. The molecule has 0 radical (unpaired) electrons. The van der Waals surface area contributed by atoms with Crippen LogP contribution < -0.4 is 4.74 Å². The normalized spacial score (nSPS) is 10.8. The summed E-state index contributed by atoms with van der Waals surface area (Å²) < 4.78 is 6.63. The number of hydrogen-bond acceptors (Lipinski definition) is 8. The molecule has 2 aromatic carbocycles.